The summed E-state index contributed by atoms with van der Waals surface area (Å²) in [5.41, 5.74) is 0. The second kappa shape index (κ2) is 12.4. The Balaban J connectivity index is 1.74. The zero-order chi connectivity index (χ0) is 21.2. The Labute approximate surface area is 179 Å². The van der Waals surface area contributed by atoms with Crippen LogP contribution in [-0.4, -0.2) is 47.3 Å². The van der Waals surface area contributed by atoms with Crippen LogP contribution in [0.2, 0.25) is 0 Å². The van der Waals surface area contributed by atoms with Crippen LogP contribution >= 0.6 is 11.3 Å². The van der Waals surface area contributed by atoms with E-state index in [2.05, 4.69) is 13.5 Å². The molecular formula is C23H37NO4S. The fourth-order valence-electron chi connectivity index (χ4n) is 3.58. The van der Waals surface area contributed by atoms with Gasteiger partial charge in [-0.15, -0.1) is 11.3 Å². The van der Waals surface area contributed by atoms with E-state index in [1.807, 2.05) is 30.9 Å². The van der Waals surface area contributed by atoms with Gasteiger partial charge in [0.15, 0.2) is 0 Å². The number of thiophene rings is 1. The van der Waals surface area contributed by atoms with E-state index >= 15 is 0 Å². The number of hydrogen-bond acceptors (Lipinski definition) is 5. The molecule has 2 atom stereocenters. The lowest BCUT2D eigenvalue weighted by atomic mass is 10.1. The van der Waals surface area contributed by atoms with Crippen molar-refractivity contribution in [1.29, 1.82) is 0 Å². The lowest BCUT2D eigenvalue weighted by Crippen LogP contribution is -2.38. The molecule has 6 heteroatoms. The molecule has 0 aromatic carbocycles. The number of ether oxygens (including phenoxy) is 2. The van der Waals surface area contributed by atoms with Gasteiger partial charge in [-0.3, -0.25) is 4.79 Å². The van der Waals surface area contributed by atoms with Crippen LogP contribution in [0.3, 0.4) is 0 Å². The molecule has 1 amide bonds. The maximum atomic E-state index is 12.2. The number of carbonyl (C=O) groups excluding carboxylic acids is 1. The Hall–Kier alpha value is -1.37. The highest BCUT2D eigenvalue weighted by molar-refractivity contribution is 7.13. The van der Waals surface area contributed by atoms with E-state index in [1.165, 1.54) is 0 Å². The molecule has 2 heterocycles. The molecule has 1 aromatic heterocycles. The van der Waals surface area contributed by atoms with Gasteiger partial charge in [0, 0.05) is 17.8 Å². The third-order valence-corrected chi connectivity index (χ3v) is 6.27. The molecule has 0 spiro atoms. The molecule has 164 valence electrons. The van der Waals surface area contributed by atoms with E-state index in [-0.39, 0.29) is 24.2 Å². The highest BCUT2D eigenvalue weighted by atomic mass is 32.1. The zero-order valence-corrected chi connectivity index (χ0v) is 19.0. The summed E-state index contributed by atoms with van der Waals surface area (Å²) in [4.78, 5) is 16.3. The molecule has 1 aromatic rings. The van der Waals surface area contributed by atoms with Crippen LogP contribution in [0.1, 0.15) is 75.5 Å². The summed E-state index contributed by atoms with van der Waals surface area (Å²) in [6.45, 7) is 11.8. The quantitative estimate of drug-likeness (QED) is 0.339. The number of rotatable bonds is 14. The van der Waals surface area contributed by atoms with E-state index in [9.17, 15) is 9.90 Å². The maximum absolute atomic E-state index is 12.2. The molecule has 1 fully saturated rings. The molecule has 0 unspecified atom stereocenters. The van der Waals surface area contributed by atoms with Crippen LogP contribution in [0.4, 0.5) is 0 Å². The van der Waals surface area contributed by atoms with Gasteiger partial charge >= 0.3 is 0 Å². The lowest BCUT2D eigenvalue weighted by Gasteiger charge is -2.25. The number of hydrogen-bond donors (Lipinski definition) is 1. The molecule has 1 N–H and O–H groups in total. The van der Waals surface area contributed by atoms with Gasteiger partial charge in [0.25, 0.3) is 0 Å². The van der Waals surface area contributed by atoms with Crippen LogP contribution in [0.15, 0.2) is 18.7 Å². The summed E-state index contributed by atoms with van der Waals surface area (Å²) in [5, 5.41) is 10.1. The van der Waals surface area contributed by atoms with E-state index in [4.69, 9.17) is 9.47 Å². The van der Waals surface area contributed by atoms with Crippen LogP contribution in [-0.2, 0) is 20.9 Å². The topological polar surface area (TPSA) is 59.0 Å². The monoisotopic (exact) mass is 423 g/mol. The smallest absolute Gasteiger partial charge is 0.222 e. The normalized spacial score (nSPS) is 17.9. The van der Waals surface area contributed by atoms with Gasteiger partial charge < -0.3 is 19.5 Å². The largest absolute Gasteiger partial charge is 0.490 e. The van der Waals surface area contributed by atoms with Crippen LogP contribution in [0.25, 0.3) is 5.76 Å². The third-order valence-electron chi connectivity index (χ3n) is 5.17. The van der Waals surface area contributed by atoms with Gasteiger partial charge in [0.05, 0.1) is 36.3 Å². The Bertz CT molecular complexity index is 643. The minimum atomic E-state index is -0.317. The molecule has 1 saturated heterocycles. The standard InChI is InChI=1S/C23H37NO4S/c1-5-6-7-8-20(25)13-14-24-19(9-12-23(24)26)15-27-16-21-10-11-22(29-21)18(4)28-17(2)3/h10-11,17,19-20,25H,4-9,12-16H2,1-3H3/t19-,20+/m1/s1. The fourth-order valence-corrected chi connectivity index (χ4v) is 4.44. The Morgan fingerprint density at radius 2 is 2.14 bits per heavy atom. The Kier molecular flexibility index (Phi) is 10.2. The van der Waals surface area contributed by atoms with Crippen molar-refractivity contribution in [3.8, 4) is 0 Å². The summed E-state index contributed by atoms with van der Waals surface area (Å²) in [5.74, 6) is 0.876. The van der Waals surface area contributed by atoms with Gasteiger partial charge in [0.1, 0.15) is 5.76 Å². The molecule has 0 bridgehead atoms. The molecule has 0 aliphatic carbocycles. The Morgan fingerprint density at radius 1 is 1.34 bits per heavy atom. The first kappa shape index (κ1) is 23.9. The zero-order valence-electron chi connectivity index (χ0n) is 18.2. The number of likely N-dealkylation sites (tertiary alicyclic amines) is 1. The summed E-state index contributed by atoms with van der Waals surface area (Å²) in [6.07, 6.45) is 6.04. The first-order chi connectivity index (χ1) is 13.9. The lowest BCUT2D eigenvalue weighted by molar-refractivity contribution is -0.130. The van der Waals surface area contributed by atoms with Crippen molar-refractivity contribution in [3.63, 3.8) is 0 Å². The van der Waals surface area contributed by atoms with Crippen molar-refractivity contribution >= 4 is 23.0 Å². The van der Waals surface area contributed by atoms with Crippen molar-refractivity contribution in [1.82, 2.24) is 4.90 Å². The number of aliphatic hydroxyl groups is 1. The highest BCUT2D eigenvalue weighted by Gasteiger charge is 2.31. The van der Waals surface area contributed by atoms with Gasteiger partial charge in [-0.1, -0.05) is 32.8 Å². The van der Waals surface area contributed by atoms with E-state index < -0.39 is 0 Å². The van der Waals surface area contributed by atoms with Crippen LogP contribution < -0.4 is 0 Å². The molecular weight excluding hydrogens is 386 g/mol. The maximum Gasteiger partial charge on any atom is 0.222 e. The second-order valence-electron chi connectivity index (χ2n) is 8.09. The van der Waals surface area contributed by atoms with E-state index in [0.717, 1.165) is 41.9 Å². The molecule has 5 nitrogen and oxygen atoms in total. The minimum Gasteiger partial charge on any atom is -0.490 e. The van der Waals surface area contributed by atoms with Crippen molar-refractivity contribution in [2.24, 2.45) is 0 Å². The number of carbonyl (C=O) groups is 1. The molecule has 0 radical (unpaired) electrons. The number of unbranched alkanes of at least 4 members (excludes halogenated alkanes) is 2. The third kappa shape index (κ3) is 8.11. The highest BCUT2D eigenvalue weighted by Crippen LogP contribution is 2.26. The van der Waals surface area contributed by atoms with Crippen molar-refractivity contribution in [2.75, 3.05) is 13.2 Å². The first-order valence-electron chi connectivity index (χ1n) is 10.9. The van der Waals surface area contributed by atoms with Gasteiger partial charge in [-0.2, -0.15) is 0 Å². The van der Waals surface area contributed by atoms with E-state index in [1.54, 1.807) is 11.3 Å². The molecule has 0 saturated carbocycles. The second-order valence-corrected chi connectivity index (χ2v) is 9.26. The summed E-state index contributed by atoms with van der Waals surface area (Å²) < 4.78 is 11.6. The SMILES string of the molecule is C=C(OC(C)C)c1ccc(COC[C@H]2CCC(=O)N2CC[C@@H](O)CCCCC)s1. The van der Waals surface area contributed by atoms with Gasteiger partial charge in [0.2, 0.25) is 5.91 Å². The molecule has 29 heavy (non-hydrogen) atoms. The molecule has 1 aliphatic heterocycles. The average Bonchev–Trinajstić information content (AvgIpc) is 3.27. The van der Waals surface area contributed by atoms with Crippen LogP contribution in [0.5, 0.6) is 0 Å². The van der Waals surface area contributed by atoms with Crippen molar-refractivity contribution in [3.05, 3.63) is 28.5 Å². The van der Waals surface area contributed by atoms with Crippen molar-refractivity contribution < 1.29 is 19.4 Å². The number of amides is 1. The molecule has 1 aliphatic rings. The van der Waals surface area contributed by atoms with E-state index in [0.29, 0.717) is 38.4 Å². The van der Waals surface area contributed by atoms with Crippen LogP contribution in [0, 0.1) is 0 Å². The number of aliphatic hydroxyl groups excluding tert-OH is 1. The average molecular weight is 424 g/mol. The summed E-state index contributed by atoms with van der Waals surface area (Å²) >= 11 is 1.63. The summed E-state index contributed by atoms with van der Waals surface area (Å²) in [6, 6.07) is 4.17. The van der Waals surface area contributed by atoms with Gasteiger partial charge in [-0.25, -0.2) is 0 Å². The predicted octanol–water partition coefficient (Wildman–Crippen LogP) is 4.98. The minimum absolute atomic E-state index is 0.111. The molecule has 2 rings (SSSR count). The number of nitrogens with zero attached hydrogens (tertiary/aromatic N) is 1. The van der Waals surface area contributed by atoms with Gasteiger partial charge in [-0.05, 0) is 45.2 Å². The van der Waals surface area contributed by atoms with Crippen molar-refractivity contribution in [2.45, 2.75) is 90.6 Å². The fraction of sp³-hybridized carbons (Fsp3) is 0.696. The summed E-state index contributed by atoms with van der Waals surface area (Å²) in [7, 11) is 0. The predicted molar refractivity (Wildman–Crippen MR) is 119 cm³/mol. The Morgan fingerprint density at radius 3 is 2.86 bits per heavy atom. The first-order valence-corrected chi connectivity index (χ1v) is 11.7.